The number of benzene rings is 1. The highest BCUT2D eigenvalue weighted by Crippen LogP contribution is 2.24. The van der Waals surface area contributed by atoms with Gasteiger partial charge in [-0.2, -0.15) is 0 Å². The van der Waals surface area contributed by atoms with Crippen LogP contribution in [-0.2, 0) is 4.79 Å². The highest BCUT2D eigenvalue weighted by atomic mass is 35.5. The molecule has 1 heterocycles. The fourth-order valence-electron chi connectivity index (χ4n) is 1.84. The zero-order chi connectivity index (χ0) is 14.2. The van der Waals surface area contributed by atoms with E-state index < -0.39 is 23.9 Å². The number of aliphatic carboxylic acids is 1. The van der Waals surface area contributed by atoms with Crippen LogP contribution in [0, 0.1) is 0 Å². The first-order valence-electron chi connectivity index (χ1n) is 5.39. The molecule has 7 heteroatoms. The Hall–Kier alpha value is -2.05. The van der Waals surface area contributed by atoms with Crippen molar-refractivity contribution in [3.8, 4) is 0 Å². The molecule has 1 aromatic heterocycles. The van der Waals surface area contributed by atoms with Crippen molar-refractivity contribution in [2.24, 2.45) is 5.73 Å². The van der Waals surface area contributed by atoms with Crippen LogP contribution >= 0.6 is 11.6 Å². The Balaban J connectivity index is 2.68. The van der Waals surface area contributed by atoms with Gasteiger partial charge in [0.25, 0.3) is 0 Å². The van der Waals surface area contributed by atoms with E-state index in [1.807, 2.05) is 0 Å². The number of hydrogen-bond acceptors (Lipinski definition) is 5. The molecule has 0 spiro atoms. The van der Waals surface area contributed by atoms with Gasteiger partial charge in [-0.3, -0.25) is 9.59 Å². The molecule has 0 bridgehead atoms. The summed E-state index contributed by atoms with van der Waals surface area (Å²) in [6, 6.07) is 3.47. The smallest absolute Gasteiger partial charge is 0.305 e. The predicted octanol–water partition coefficient (Wildman–Crippen LogP) is 1.50. The lowest BCUT2D eigenvalue weighted by molar-refractivity contribution is -0.137. The van der Waals surface area contributed by atoms with E-state index in [0.717, 1.165) is 0 Å². The second kappa shape index (κ2) is 4.91. The molecular formula is C12H11ClN2O4. The molecular weight excluding hydrogens is 272 g/mol. The minimum atomic E-state index is -1.13. The number of carboxylic acids is 1. The second-order valence-corrected chi connectivity index (χ2v) is 4.49. The molecule has 0 fully saturated rings. The Morgan fingerprint density at radius 3 is 2.79 bits per heavy atom. The number of nitrogens with two attached hydrogens (primary N) is 2. The van der Waals surface area contributed by atoms with Gasteiger partial charge in [-0.1, -0.05) is 11.6 Å². The third-order valence-corrected chi connectivity index (χ3v) is 2.92. The lowest BCUT2D eigenvalue weighted by atomic mass is 10.0. The van der Waals surface area contributed by atoms with Gasteiger partial charge in [0.1, 0.15) is 5.58 Å². The second-order valence-electron chi connectivity index (χ2n) is 4.05. The van der Waals surface area contributed by atoms with E-state index in [4.69, 9.17) is 32.6 Å². The van der Waals surface area contributed by atoms with Crippen molar-refractivity contribution in [3.05, 3.63) is 39.0 Å². The van der Waals surface area contributed by atoms with Crippen molar-refractivity contribution in [1.29, 1.82) is 0 Å². The molecule has 19 heavy (non-hydrogen) atoms. The van der Waals surface area contributed by atoms with Crippen molar-refractivity contribution >= 4 is 34.4 Å². The SMILES string of the molecule is Nc1oc2ccc(Cl)cc2c(=O)c1C(N)CC(=O)O. The van der Waals surface area contributed by atoms with Crippen molar-refractivity contribution in [3.63, 3.8) is 0 Å². The molecule has 2 rings (SSSR count). The van der Waals surface area contributed by atoms with Crippen molar-refractivity contribution in [2.75, 3.05) is 5.73 Å². The van der Waals surface area contributed by atoms with E-state index in [-0.39, 0.29) is 22.4 Å². The summed E-state index contributed by atoms with van der Waals surface area (Å²) in [5.41, 5.74) is 11.1. The number of nitrogen functional groups attached to an aromatic ring is 1. The Kier molecular flexibility index (Phi) is 3.46. The van der Waals surface area contributed by atoms with Crippen LogP contribution < -0.4 is 16.9 Å². The topological polar surface area (TPSA) is 120 Å². The lowest BCUT2D eigenvalue weighted by Gasteiger charge is -2.11. The molecule has 1 unspecified atom stereocenters. The Morgan fingerprint density at radius 1 is 1.47 bits per heavy atom. The molecule has 0 radical (unpaired) electrons. The summed E-state index contributed by atoms with van der Waals surface area (Å²) in [5.74, 6) is -1.30. The molecule has 6 nitrogen and oxygen atoms in total. The lowest BCUT2D eigenvalue weighted by Crippen LogP contribution is -2.24. The van der Waals surface area contributed by atoms with Crippen LogP contribution in [0.15, 0.2) is 27.4 Å². The average molecular weight is 283 g/mol. The van der Waals surface area contributed by atoms with Crippen molar-refractivity contribution in [1.82, 2.24) is 0 Å². The molecule has 0 aliphatic rings. The van der Waals surface area contributed by atoms with Gasteiger partial charge < -0.3 is 21.0 Å². The molecule has 1 atom stereocenters. The number of fused-ring (bicyclic) bond motifs is 1. The number of hydrogen-bond donors (Lipinski definition) is 3. The van der Waals surface area contributed by atoms with Gasteiger partial charge in [-0.25, -0.2) is 0 Å². The van der Waals surface area contributed by atoms with Crippen LogP contribution in [0.5, 0.6) is 0 Å². The van der Waals surface area contributed by atoms with E-state index in [2.05, 4.69) is 0 Å². The molecule has 0 amide bonds. The van der Waals surface area contributed by atoms with Gasteiger partial charge in [0, 0.05) is 11.1 Å². The van der Waals surface area contributed by atoms with Crippen LogP contribution in [0.3, 0.4) is 0 Å². The predicted molar refractivity (Wildman–Crippen MR) is 71.1 cm³/mol. The van der Waals surface area contributed by atoms with Crippen LogP contribution in [0.2, 0.25) is 5.02 Å². The van der Waals surface area contributed by atoms with Gasteiger partial charge >= 0.3 is 5.97 Å². The van der Waals surface area contributed by atoms with Crippen molar-refractivity contribution < 1.29 is 14.3 Å². The highest BCUT2D eigenvalue weighted by Gasteiger charge is 2.21. The first-order valence-corrected chi connectivity index (χ1v) is 5.77. The molecule has 100 valence electrons. The quantitative estimate of drug-likeness (QED) is 0.785. The number of carbonyl (C=O) groups is 1. The fourth-order valence-corrected chi connectivity index (χ4v) is 2.01. The average Bonchev–Trinajstić information content (AvgIpc) is 2.29. The summed E-state index contributed by atoms with van der Waals surface area (Å²) in [5, 5.41) is 9.29. The molecule has 0 saturated carbocycles. The van der Waals surface area contributed by atoms with Gasteiger partial charge in [0.2, 0.25) is 0 Å². The van der Waals surface area contributed by atoms with E-state index in [9.17, 15) is 9.59 Å². The molecule has 0 saturated heterocycles. The maximum Gasteiger partial charge on any atom is 0.305 e. The summed E-state index contributed by atoms with van der Waals surface area (Å²) in [4.78, 5) is 22.9. The Labute approximate surface area is 112 Å². The Bertz CT molecular complexity index is 711. The summed E-state index contributed by atoms with van der Waals surface area (Å²) in [7, 11) is 0. The van der Waals surface area contributed by atoms with Gasteiger partial charge in [-0.05, 0) is 18.2 Å². The summed E-state index contributed by atoms with van der Waals surface area (Å²) in [6.45, 7) is 0. The summed E-state index contributed by atoms with van der Waals surface area (Å²) >= 11 is 5.81. The monoisotopic (exact) mass is 282 g/mol. The van der Waals surface area contributed by atoms with Crippen LogP contribution in [0.25, 0.3) is 11.0 Å². The van der Waals surface area contributed by atoms with Gasteiger partial charge in [-0.15, -0.1) is 0 Å². The molecule has 5 N–H and O–H groups in total. The normalized spacial score (nSPS) is 12.5. The highest BCUT2D eigenvalue weighted by molar-refractivity contribution is 6.31. The van der Waals surface area contributed by atoms with E-state index in [0.29, 0.717) is 5.02 Å². The van der Waals surface area contributed by atoms with Crippen molar-refractivity contribution in [2.45, 2.75) is 12.5 Å². The Morgan fingerprint density at radius 2 is 2.16 bits per heavy atom. The number of anilines is 1. The zero-order valence-electron chi connectivity index (χ0n) is 9.72. The van der Waals surface area contributed by atoms with Gasteiger partial charge in [0.05, 0.1) is 17.4 Å². The number of rotatable bonds is 3. The van der Waals surface area contributed by atoms with Crippen LogP contribution in [0.4, 0.5) is 5.88 Å². The molecule has 0 aliphatic carbocycles. The molecule has 1 aromatic carbocycles. The molecule has 2 aromatic rings. The zero-order valence-corrected chi connectivity index (χ0v) is 10.5. The summed E-state index contributed by atoms with van der Waals surface area (Å²) < 4.78 is 5.28. The first-order chi connectivity index (χ1) is 8.90. The molecule has 0 aliphatic heterocycles. The minimum absolute atomic E-state index is 0.0443. The summed E-state index contributed by atoms with van der Waals surface area (Å²) in [6.07, 6.45) is -0.416. The van der Waals surface area contributed by atoms with Gasteiger partial charge in [0.15, 0.2) is 11.3 Å². The number of carboxylic acid groups (broad SMARTS) is 1. The largest absolute Gasteiger partial charge is 0.481 e. The maximum absolute atomic E-state index is 12.3. The first kappa shape index (κ1) is 13.4. The van der Waals surface area contributed by atoms with E-state index in [1.54, 1.807) is 6.07 Å². The third kappa shape index (κ3) is 2.54. The third-order valence-electron chi connectivity index (χ3n) is 2.68. The van der Waals surface area contributed by atoms with Crippen LogP contribution in [0.1, 0.15) is 18.0 Å². The van der Waals surface area contributed by atoms with E-state index in [1.165, 1.54) is 12.1 Å². The maximum atomic E-state index is 12.3. The minimum Gasteiger partial charge on any atom is -0.481 e. The van der Waals surface area contributed by atoms with E-state index >= 15 is 0 Å². The fraction of sp³-hybridized carbons (Fsp3) is 0.167. The standard InChI is InChI=1S/C12H11ClN2O4/c13-5-1-2-8-6(3-5)11(18)10(12(15)19-8)7(14)4-9(16)17/h1-3,7H,4,14-15H2,(H,16,17). The van der Waals surface area contributed by atoms with Crippen LogP contribution in [-0.4, -0.2) is 11.1 Å². The number of halogens is 1.